The van der Waals surface area contributed by atoms with Gasteiger partial charge in [-0.3, -0.25) is 14.0 Å². The van der Waals surface area contributed by atoms with Gasteiger partial charge in [0.15, 0.2) is 11.5 Å². The molecule has 0 radical (unpaired) electrons. The second-order valence-electron chi connectivity index (χ2n) is 6.23. The number of nitrogens with one attached hydrogen (secondary N) is 2. The number of carbonyl (C=O) groups excluding carboxylic acids is 2. The molecule has 0 atom stereocenters. The zero-order chi connectivity index (χ0) is 20.9. The van der Waals surface area contributed by atoms with Crippen molar-refractivity contribution in [3.8, 4) is 0 Å². The highest BCUT2D eigenvalue weighted by atomic mass is 32.2. The zero-order valence-electron chi connectivity index (χ0n) is 15.9. The minimum atomic E-state index is -0.245. The molecule has 0 aliphatic rings. The molecular formula is C18H17N9O2S. The fourth-order valence-corrected chi connectivity index (χ4v) is 3.30. The van der Waals surface area contributed by atoms with Crippen LogP contribution in [0.5, 0.6) is 0 Å². The number of aromatic nitrogens is 7. The molecule has 2 N–H and O–H groups in total. The van der Waals surface area contributed by atoms with Crippen molar-refractivity contribution in [2.45, 2.75) is 11.7 Å². The van der Waals surface area contributed by atoms with Crippen LogP contribution in [-0.2, 0) is 18.4 Å². The number of carbonyl (C=O) groups is 2. The average molecular weight is 423 g/mol. The Morgan fingerprint density at radius 1 is 1.07 bits per heavy atom. The first-order chi connectivity index (χ1) is 14.6. The molecule has 3 aromatic heterocycles. The van der Waals surface area contributed by atoms with Gasteiger partial charge in [0.05, 0.1) is 12.3 Å². The van der Waals surface area contributed by atoms with Gasteiger partial charge in [0.25, 0.3) is 5.91 Å². The number of hydrogen-bond acceptors (Lipinski definition) is 8. The standard InChI is InChI=1S/C18H17N9O2S/c1-26-18(23-24-25-26)30-11-16(28)20-13-7-5-12(6-8-13)17(29)19-10-15-22-21-14-4-2-3-9-27(14)15/h2-9H,10-11H2,1H3,(H,19,29)(H,20,28). The molecule has 3 heterocycles. The first-order valence-corrected chi connectivity index (χ1v) is 9.90. The molecule has 0 fully saturated rings. The van der Waals surface area contributed by atoms with Crippen molar-refractivity contribution in [3.63, 3.8) is 0 Å². The minimum Gasteiger partial charge on any atom is -0.345 e. The van der Waals surface area contributed by atoms with Gasteiger partial charge in [-0.1, -0.05) is 17.8 Å². The third kappa shape index (κ3) is 4.43. The second-order valence-corrected chi connectivity index (χ2v) is 7.17. The lowest BCUT2D eigenvalue weighted by Gasteiger charge is -2.07. The molecule has 2 amide bonds. The van der Waals surface area contributed by atoms with Crippen molar-refractivity contribution in [1.29, 1.82) is 0 Å². The number of fused-ring (bicyclic) bond motifs is 1. The van der Waals surface area contributed by atoms with Crippen molar-refractivity contribution in [3.05, 3.63) is 60.0 Å². The smallest absolute Gasteiger partial charge is 0.251 e. The Balaban J connectivity index is 1.29. The van der Waals surface area contributed by atoms with Crippen LogP contribution in [0.3, 0.4) is 0 Å². The summed E-state index contributed by atoms with van der Waals surface area (Å²) < 4.78 is 3.31. The number of thioether (sulfide) groups is 1. The number of benzene rings is 1. The lowest BCUT2D eigenvalue weighted by molar-refractivity contribution is -0.113. The van der Waals surface area contributed by atoms with E-state index >= 15 is 0 Å². The monoisotopic (exact) mass is 423 g/mol. The van der Waals surface area contributed by atoms with Crippen LogP contribution in [0.1, 0.15) is 16.2 Å². The van der Waals surface area contributed by atoms with Gasteiger partial charge in [0, 0.05) is 24.5 Å². The van der Waals surface area contributed by atoms with Crippen LogP contribution in [0.25, 0.3) is 5.65 Å². The molecule has 4 rings (SSSR count). The van der Waals surface area contributed by atoms with Crippen LogP contribution in [0.2, 0.25) is 0 Å². The highest BCUT2D eigenvalue weighted by molar-refractivity contribution is 7.99. The van der Waals surface area contributed by atoms with Crippen LogP contribution >= 0.6 is 11.8 Å². The SMILES string of the molecule is Cn1nnnc1SCC(=O)Nc1ccc(C(=O)NCc2nnc3ccccn23)cc1. The average Bonchev–Trinajstić information content (AvgIpc) is 3.37. The van der Waals surface area contributed by atoms with E-state index in [0.29, 0.717) is 22.2 Å². The summed E-state index contributed by atoms with van der Waals surface area (Å²) in [5.74, 6) is 0.367. The summed E-state index contributed by atoms with van der Waals surface area (Å²) in [7, 11) is 1.70. The van der Waals surface area contributed by atoms with E-state index in [1.165, 1.54) is 16.4 Å². The van der Waals surface area contributed by atoms with E-state index in [9.17, 15) is 9.59 Å². The lowest BCUT2D eigenvalue weighted by Crippen LogP contribution is -2.24. The summed E-state index contributed by atoms with van der Waals surface area (Å²) in [4.78, 5) is 24.5. The maximum Gasteiger partial charge on any atom is 0.251 e. The number of aryl methyl sites for hydroxylation is 1. The number of pyridine rings is 1. The predicted molar refractivity (Wildman–Crippen MR) is 109 cm³/mol. The highest BCUT2D eigenvalue weighted by Crippen LogP contribution is 2.14. The minimum absolute atomic E-state index is 0.169. The Bertz CT molecular complexity index is 1190. The third-order valence-electron chi connectivity index (χ3n) is 4.14. The number of anilines is 1. The second kappa shape index (κ2) is 8.69. The molecular weight excluding hydrogens is 406 g/mol. The fourth-order valence-electron chi connectivity index (χ4n) is 2.65. The molecule has 0 bridgehead atoms. The maximum absolute atomic E-state index is 12.4. The highest BCUT2D eigenvalue weighted by Gasteiger charge is 2.11. The number of amides is 2. The molecule has 152 valence electrons. The zero-order valence-corrected chi connectivity index (χ0v) is 16.7. The summed E-state index contributed by atoms with van der Waals surface area (Å²) in [6, 6.07) is 12.2. The number of rotatable bonds is 7. The molecule has 0 aliphatic carbocycles. The van der Waals surface area contributed by atoms with Gasteiger partial charge in [-0.25, -0.2) is 4.68 Å². The molecule has 1 aromatic carbocycles. The quantitative estimate of drug-likeness (QED) is 0.419. The van der Waals surface area contributed by atoms with Crippen molar-refractivity contribution < 1.29 is 9.59 Å². The first-order valence-electron chi connectivity index (χ1n) is 8.92. The summed E-state index contributed by atoms with van der Waals surface area (Å²) in [5.41, 5.74) is 1.79. The van der Waals surface area contributed by atoms with Gasteiger partial charge in [0.1, 0.15) is 0 Å². The van der Waals surface area contributed by atoms with E-state index < -0.39 is 0 Å². The third-order valence-corrected chi connectivity index (χ3v) is 5.15. The molecule has 0 spiro atoms. The number of hydrogen-bond donors (Lipinski definition) is 2. The van der Waals surface area contributed by atoms with Crippen molar-refractivity contribution in [2.75, 3.05) is 11.1 Å². The van der Waals surface area contributed by atoms with E-state index in [0.717, 1.165) is 5.65 Å². The van der Waals surface area contributed by atoms with Crippen LogP contribution in [0, 0.1) is 0 Å². The van der Waals surface area contributed by atoms with Gasteiger partial charge in [-0.05, 0) is 46.8 Å². The summed E-state index contributed by atoms with van der Waals surface area (Å²) in [6.07, 6.45) is 1.84. The van der Waals surface area contributed by atoms with Crippen molar-refractivity contribution >= 4 is 34.9 Å². The van der Waals surface area contributed by atoms with E-state index in [1.807, 2.05) is 28.8 Å². The van der Waals surface area contributed by atoms with Crippen LogP contribution in [0.15, 0.2) is 53.8 Å². The van der Waals surface area contributed by atoms with Gasteiger partial charge < -0.3 is 10.6 Å². The predicted octanol–water partition coefficient (Wildman–Crippen LogP) is 0.914. The number of nitrogens with zero attached hydrogens (tertiary/aromatic N) is 7. The Hall–Kier alpha value is -3.80. The van der Waals surface area contributed by atoms with Gasteiger partial charge in [0.2, 0.25) is 11.1 Å². The molecule has 0 saturated carbocycles. The largest absolute Gasteiger partial charge is 0.345 e. The molecule has 12 heteroatoms. The first kappa shape index (κ1) is 19.5. The Morgan fingerprint density at radius 2 is 1.90 bits per heavy atom. The van der Waals surface area contributed by atoms with E-state index in [4.69, 9.17) is 0 Å². The Morgan fingerprint density at radius 3 is 2.67 bits per heavy atom. The number of tetrazole rings is 1. The molecule has 30 heavy (non-hydrogen) atoms. The normalized spacial score (nSPS) is 10.8. The topological polar surface area (TPSA) is 132 Å². The molecule has 11 nitrogen and oxygen atoms in total. The Kier molecular flexibility index (Phi) is 5.66. The van der Waals surface area contributed by atoms with E-state index in [2.05, 4.69) is 36.4 Å². The van der Waals surface area contributed by atoms with Crippen LogP contribution in [0.4, 0.5) is 5.69 Å². The van der Waals surface area contributed by atoms with E-state index in [-0.39, 0.29) is 24.1 Å². The van der Waals surface area contributed by atoms with Crippen molar-refractivity contribution in [2.24, 2.45) is 7.05 Å². The summed E-state index contributed by atoms with van der Waals surface area (Å²) in [6.45, 7) is 0.247. The molecule has 0 unspecified atom stereocenters. The molecule has 0 aliphatic heterocycles. The van der Waals surface area contributed by atoms with Gasteiger partial charge >= 0.3 is 0 Å². The molecule has 4 aromatic rings. The summed E-state index contributed by atoms with van der Waals surface area (Å²) >= 11 is 1.23. The summed E-state index contributed by atoms with van der Waals surface area (Å²) in [5, 5.41) is 25.3. The van der Waals surface area contributed by atoms with Crippen LogP contribution < -0.4 is 10.6 Å². The maximum atomic E-state index is 12.4. The van der Waals surface area contributed by atoms with Crippen LogP contribution in [-0.4, -0.2) is 52.4 Å². The fraction of sp³-hybridized carbons (Fsp3) is 0.167. The van der Waals surface area contributed by atoms with Crippen molar-refractivity contribution in [1.82, 2.24) is 40.1 Å². The Labute approximate surface area is 174 Å². The van der Waals surface area contributed by atoms with Gasteiger partial charge in [-0.15, -0.1) is 15.3 Å². The van der Waals surface area contributed by atoms with Gasteiger partial charge in [-0.2, -0.15) is 0 Å². The van der Waals surface area contributed by atoms with E-state index in [1.54, 1.807) is 31.3 Å². The molecule has 0 saturated heterocycles. The lowest BCUT2D eigenvalue weighted by atomic mass is 10.2.